The SMILES string of the molecule is O=C(Nc1nc2ccc(Cl)cc2s1)c1cc(=O)[nH]cn1. The summed E-state index contributed by atoms with van der Waals surface area (Å²) in [5.41, 5.74) is 0.390. The molecule has 0 radical (unpaired) electrons. The maximum atomic E-state index is 11.9. The first-order valence-corrected chi connectivity index (χ1v) is 6.73. The van der Waals surface area contributed by atoms with E-state index in [0.717, 1.165) is 16.3 Å². The number of hydrogen-bond acceptors (Lipinski definition) is 5. The second-order valence-corrected chi connectivity index (χ2v) is 5.35. The second kappa shape index (κ2) is 5.03. The molecule has 0 spiro atoms. The molecule has 0 unspecified atom stereocenters. The van der Waals surface area contributed by atoms with Gasteiger partial charge in [-0.05, 0) is 18.2 Å². The molecule has 2 N–H and O–H groups in total. The van der Waals surface area contributed by atoms with Crippen LogP contribution in [0.2, 0.25) is 5.02 Å². The lowest BCUT2D eigenvalue weighted by molar-refractivity contribution is 0.102. The molecule has 3 aromatic rings. The van der Waals surface area contributed by atoms with Crippen molar-refractivity contribution in [1.29, 1.82) is 0 Å². The number of carbonyl (C=O) groups excluding carboxylic acids is 1. The number of H-pyrrole nitrogens is 1. The van der Waals surface area contributed by atoms with E-state index in [1.54, 1.807) is 18.2 Å². The van der Waals surface area contributed by atoms with Gasteiger partial charge in [0.1, 0.15) is 5.69 Å². The number of carbonyl (C=O) groups is 1. The first kappa shape index (κ1) is 12.8. The Morgan fingerprint density at radius 3 is 3.00 bits per heavy atom. The van der Waals surface area contributed by atoms with Gasteiger partial charge >= 0.3 is 0 Å². The molecule has 0 fully saturated rings. The van der Waals surface area contributed by atoms with Gasteiger partial charge in [0.15, 0.2) is 5.13 Å². The summed E-state index contributed by atoms with van der Waals surface area (Å²) in [5, 5.41) is 3.64. The van der Waals surface area contributed by atoms with Gasteiger partial charge in [-0.15, -0.1) is 0 Å². The van der Waals surface area contributed by atoms with Crippen molar-refractivity contribution in [3.63, 3.8) is 0 Å². The maximum absolute atomic E-state index is 11.9. The van der Waals surface area contributed by atoms with Crippen LogP contribution in [-0.2, 0) is 0 Å². The Morgan fingerprint density at radius 2 is 2.20 bits per heavy atom. The third-order valence-electron chi connectivity index (χ3n) is 2.48. The summed E-state index contributed by atoms with van der Waals surface area (Å²) in [7, 11) is 0. The zero-order valence-corrected chi connectivity index (χ0v) is 11.5. The van der Waals surface area contributed by atoms with Crippen LogP contribution < -0.4 is 10.9 Å². The van der Waals surface area contributed by atoms with E-state index in [4.69, 9.17) is 11.6 Å². The Bertz CT molecular complexity index is 858. The van der Waals surface area contributed by atoms with Crippen molar-refractivity contribution in [2.45, 2.75) is 0 Å². The van der Waals surface area contributed by atoms with E-state index in [1.807, 2.05) is 0 Å². The lowest BCUT2D eigenvalue weighted by atomic mass is 10.3. The molecule has 0 atom stereocenters. The minimum atomic E-state index is -0.485. The van der Waals surface area contributed by atoms with Gasteiger partial charge in [-0.2, -0.15) is 0 Å². The Morgan fingerprint density at radius 1 is 1.35 bits per heavy atom. The molecular weight excluding hydrogens is 300 g/mol. The van der Waals surface area contributed by atoms with E-state index in [9.17, 15) is 9.59 Å². The number of aromatic amines is 1. The van der Waals surface area contributed by atoms with E-state index < -0.39 is 5.91 Å². The fourth-order valence-electron chi connectivity index (χ4n) is 1.61. The third kappa shape index (κ3) is 2.54. The van der Waals surface area contributed by atoms with Gasteiger partial charge in [0.05, 0.1) is 16.5 Å². The zero-order chi connectivity index (χ0) is 14.1. The summed E-state index contributed by atoms with van der Waals surface area (Å²) in [6.45, 7) is 0. The summed E-state index contributed by atoms with van der Waals surface area (Å²) in [5.74, 6) is -0.485. The van der Waals surface area contributed by atoms with E-state index in [1.165, 1.54) is 17.7 Å². The van der Waals surface area contributed by atoms with Crippen LogP contribution in [0.1, 0.15) is 10.5 Å². The maximum Gasteiger partial charge on any atom is 0.276 e. The fourth-order valence-corrected chi connectivity index (χ4v) is 2.74. The molecule has 20 heavy (non-hydrogen) atoms. The van der Waals surface area contributed by atoms with E-state index in [0.29, 0.717) is 10.2 Å². The molecule has 6 nitrogen and oxygen atoms in total. The van der Waals surface area contributed by atoms with Crippen molar-refractivity contribution in [1.82, 2.24) is 15.0 Å². The van der Waals surface area contributed by atoms with E-state index >= 15 is 0 Å². The van der Waals surface area contributed by atoms with Crippen molar-refractivity contribution >= 4 is 44.2 Å². The van der Waals surface area contributed by atoms with Crippen molar-refractivity contribution in [2.24, 2.45) is 0 Å². The Labute approximate surface area is 121 Å². The second-order valence-electron chi connectivity index (χ2n) is 3.88. The Hall–Kier alpha value is -2.25. The molecule has 2 heterocycles. The predicted octanol–water partition coefficient (Wildman–Crippen LogP) is 2.29. The number of fused-ring (bicyclic) bond motifs is 1. The lowest BCUT2D eigenvalue weighted by Gasteiger charge is -1.98. The molecule has 0 aliphatic heterocycles. The largest absolute Gasteiger partial charge is 0.313 e. The number of thiazole rings is 1. The highest BCUT2D eigenvalue weighted by Gasteiger charge is 2.11. The molecule has 8 heteroatoms. The van der Waals surface area contributed by atoms with Crippen molar-refractivity contribution in [3.8, 4) is 0 Å². The number of nitrogens with zero attached hydrogens (tertiary/aromatic N) is 2. The topological polar surface area (TPSA) is 87.7 Å². The minimum Gasteiger partial charge on any atom is -0.313 e. The first-order valence-electron chi connectivity index (χ1n) is 5.54. The van der Waals surface area contributed by atoms with Gasteiger partial charge < -0.3 is 4.98 Å². The van der Waals surface area contributed by atoms with Crippen LogP contribution in [0.4, 0.5) is 5.13 Å². The Kier molecular flexibility index (Phi) is 3.21. The highest BCUT2D eigenvalue weighted by molar-refractivity contribution is 7.22. The zero-order valence-electron chi connectivity index (χ0n) is 9.88. The van der Waals surface area contributed by atoms with E-state index in [-0.39, 0.29) is 11.3 Å². The minimum absolute atomic E-state index is 0.0334. The van der Waals surface area contributed by atoms with Gasteiger partial charge in [-0.25, -0.2) is 9.97 Å². The molecule has 0 bridgehead atoms. The predicted molar refractivity (Wildman–Crippen MR) is 77.4 cm³/mol. The third-order valence-corrected chi connectivity index (χ3v) is 3.65. The van der Waals surface area contributed by atoms with Gasteiger partial charge in [0.2, 0.25) is 0 Å². The van der Waals surface area contributed by atoms with Crippen LogP contribution in [0.3, 0.4) is 0 Å². The van der Waals surface area contributed by atoms with E-state index in [2.05, 4.69) is 20.3 Å². The van der Waals surface area contributed by atoms with Crippen LogP contribution in [0.15, 0.2) is 35.4 Å². The number of nitrogens with one attached hydrogen (secondary N) is 2. The first-order chi connectivity index (χ1) is 9.61. The van der Waals surface area contributed by atoms with Crippen LogP contribution in [0.5, 0.6) is 0 Å². The molecule has 0 saturated heterocycles. The molecular formula is C12H7ClN4O2S. The monoisotopic (exact) mass is 306 g/mol. The standard InChI is InChI=1S/C12H7ClN4O2S/c13-6-1-2-7-9(3-6)20-12(16-7)17-11(19)8-4-10(18)15-5-14-8/h1-5H,(H,14,15,18)(H,16,17,19). The van der Waals surface area contributed by atoms with Gasteiger partial charge in [-0.1, -0.05) is 22.9 Å². The molecule has 3 rings (SSSR count). The number of aromatic nitrogens is 3. The lowest BCUT2D eigenvalue weighted by Crippen LogP contribution is -2.17. The number of hydrogen-bond donors (Lipinski definition) is 2. The molecule has 1 aromatic carbocycles. The number of halogens is 1. The molecule has 0 saturated carbocycles. The van der Waals surface area contributed by atoms with Crippen LogP contribution in [0.25, 0.3) is 10.2 Å². The summed E-state index contributed by atoms with van der Waals surface area (Å²) in [6, 6.07) is 6.40. The normalized spacial score (nSPS) is 10.7. The number of anilines is 1. The molecule has 1 amide bonds. The molecule has 100 valence electrons. The molecule has 2 aromatic heterocycles. The van der Waals surface area contributed by atoms with Gasteiger partial charge in [0, 0.05) is 11.1 Å². The summed E-state index contributed by atoms with van der Waals surface area (Å²) in [6.07, 6.45) is 1.18. The highest BCUT2D eigenvalue weighted by atomic mass is 35.5. The average molecular weight is 307 g/mol. The Balaban J connectivity index is 1.89. The number of rotatable bonds is 2. The number of amides is 1. The van der Waals surface area contributed by atoms with Crippen molar-refractivity contribution in [3.05, 3.63) is 51.7 Å². The van der Waals surface area contributed by atoms with Crippen LogP contribution in [-0.4, -0.2) is 20.9 Å². The smallest absolute Gasteiger partial charge is 0.276 e. The highest BCUT2D eigenvalue weighted by Crippen LogP contribution is 2.28. The summed E-state index contributed by atoms with van der Waals surface area (Å²) in [4.78, 5) is 33.4. The van der Waals surface area contributed by atoms with Crippen LogP contribution >= 0.6 is 22.9 Å². The van der Waals surface area contributed by atoms with Crippen molar-refractivity contribution in [2.75, 3.05) is 5.32 Å². The van der Waals surface area contributed by atoms with Crippen molar-refractivity contribution < 1.29 is 4.79 Å². The quantitative estimate of drug-likeness (QED) is 0.760. The van der Waals surface area contributed by atoms with Crippen LogP contribution in [0, 0.1) is 0 Å². The summed E-state index contributed by atoms with van der Waals surface area (Å²) >= 11 is 7.19. The number of benzene rings is 1. The fraction of sp³-hybridized carbons (Fsp3) is 0. The summed E-state index contributed by atoms with van der Waals surface area (Å²) < 4.78 is 0.867. The average Bonchev–Trinajstić information content (AvgIpc) is 2.80. The molecule has 0 aliphatic carbocycles. The van der Waals surface area contributed by atoms with Gasteiger partial charge in [0.25, 0.3) is 11.5 Å². The van der Waals surface area contributed by atoms with Gasteiger partial charge in [-0.3, -0.25) is 14.9 Å². The molecule has 0 aliphatic rings.